The predicted molar refractivity (Wildman–Crippen MR) is 106 cm³/mol. The molecule has 0 atom stereocenters. The first kappa shape index (κ1) is 17.1. The standard InChI is InChI=1S/C22H21N3O2/c1-22(2,3)27-21(26)25-18-12-8-7-9-16(18)15-19(25)20-23-13-14-24(20)17-10-5-4-6-11-17/h4-15H,1-3H3. The summed E-state index contributed by atoms with van der Waals surface area (Å²) in [5, 5.41) is 0.959. The van der Waals surface area contributed by atoms with E-state index in [0.29, 0.717) is 11.5 Å². The van der Waals surface area contributed by atoms with Gasteiger partial charge in [0.1, 0.15) is 5.60 Å². The summed E-state index contributed by atoms with van der Waals surface area (Å²) in [7, 11) is 0. The number of hydrogen-bond acceptors (Lipinski definition) is 3. The van der Waals surface area contributed by atoms with Gasteiger partial charge < -0.3 is 4.74 Å². The van der Waals surface area contributed by atoms with E-state index in [2.05, 4.69) is 4.98 Å². The molecule has 0 unspecified atom stereocenters. The average Bonchev–Trinajstić information content (AvgIpc) is 3.25. The Morgan fingerprint density at radius 1 is 1.00 bits per heavy atom. The molecule has 2 aromatic carbocycles. The molecule has 4 aromatic rings. The van der Waals surface area contributed by atoms with Gasteiger partial charge in [-0.2, -0.15) is 0 Å². The fourth-order valence-corrected chi connectivity index (χ4v) is 3.11. The molecule has 0 bridgehead atoms. The molecule has 0 aliphatic heterocycles. The zero-order chi connectivity index (χ0) is 19.0. The predicted octanol–water partition coefficient (Wildman–Crippen LogP) is 5.28. The lowest BCUT2D eigenvalue weighted by Crippen LogP contribution is -2.27. The fraction of sp³-hybridized carbons (Fsp3) is 0.182. The number of para-hydroxylation sites is 2. The molecule has 0 aliphatic rings. The summed E-state index contributed by atoms with van der Waals surface area (Å²) in [6.07, 6.45) is 3.21. The van der Waals surface area contributed by atoms with Gasteiger partial charge in [-0.1, -0.05) is 36.4 Å². The first-order valence-electron chi connectivity index (χ1n) is 8.87. The number of carbonyl (C=O) groups is 1. The van der Waals surface area contributed by atoms with Gasteiger partial charge in [0.15, 0.2) is 5.82 Å². The van der Waals surface area contributed by atoms with Gasteiger partial charge in [0.05, 0.1) is 11.2 Å². The third kappa shape index (κ3) is 3.24. The summed E-state index contributed by atoms with van der Waals surface area (Å²) in [5.41, 5.74) is 1.88. The van der Waals surface area contributed by atoms with Crippen molar-refractivity contribution in [1.82, 2.24) is 14.1 Å². The number of nitrogens with zero attached hydrogens (tertiary/aromatic N) is 3. The van der Waals surface area contributed by atoms with E-state index in [9.17, 15) is 4.79 Å². The summed E-state index contributed by atoms with van der Waals surface area (Å²) in [6, 6.07) is 19.7. The molecule has 0 spiro atoms. The van der Waals surface area contributed by atoms with Crippen molar-refractivity contribution >= 4 is 17.0 Å². The van der Waals surface area contributed by atoms with E-state index in [1.54, 1.807) is 10.8 Å². The number of carbonyl (C=O) groups excluding carboxylic acids is 1. The van der Waals surface area contributed by atoms with Crippen LogP contribution in [0.15, 0.2) is 73.1 Å². The molecule has 0 fully saturated rings. The van der Waals surface area contributed by atoms with E-state index < -0.39 is 11.7 Å². The van der Waals surface area contributed by atoms with Crippen LogP contribution in [-0.4, -0.2) is 25.8 Å². The van der Waals surface area contributed by atoms with Crippen LogP contribution in [0.2, 0.25) is 0 Å². The molecule has 0 saturated heterocycles. The third-order valence-electron chi connectivity index (χ3n) is 4.19. The molecule has 4 rings (SSSR count). The zero-order valence-corrected chi connectivity index (χ0v) is 15.6. The van der Waals surface area contributed by atoms with Gasteiger partial charge in [-0.05, 0) is 45.0 Å². The van der Waals surface area contributed by atoms with Crippen molar-refractivity contribution in [1.29, 1.82) is 0 Å². The highest BCUT2D eigenvalue weighted by Crippen LogP contribution is 2.29. The topological polar surface area (TPSA) is 49.1 Å². The Balaban J connectivity index is 1.92. The lowest BCUT2D eigenvalue weighted by molar-refractivity contribution is 0.0547. The first-order valence-corrected chi connectivity index (χ1v) is 8.87. The van der Waals surface area contributed by atoms with Crippen molar-refractivity contribution in [3.05, 3.63) is 73.1 Å². The van der Waals surface area contributed by atoms with Gasteiger partial charge >= 0.3 is 6.09 Å². The molecule has 5 nitrogen and oxygen atoms in total. The minimum Gasteiger partial charge on any atom is -0.443 e. The molecule has 27 heavy (non-hydrogen) atoms. The molecule has 0 N–H and O–H groups in total. The highest BCUT2D eigenvalue weighted by Gasteiger charge is 2.24. The maximum atomic E-state index is 13.0. The fourth-order valence-electron chi connectivity index (χ4n) is 3.11. The van der Waals surface area contributed by atoms with E-state index >= 15 is 0 Å². The van der Waals surface area contributed by atoms with Gasteiger partial charge in [-0.3, -0.25) is 4.57 Å². The summed E-state index contributed by atoms with van der Waals surface area (Å²) in [6.45, 7) is 5.59. The summed E-state index contributed by atoms with van der Waals surface area (Å²) in [5.74, 6) is 0.684. The van der Waals surface area contributed by atoms with Crippen LogP contribution in [0.5, 0.6) is 0 Å². The van der Waals surface area contributed by atoms with Crippen molar-refractivity contribution in [2.24, 2.45) is 0 Å². The van der Waals surface area contributed by atoms with E-state index in [1.807, 2.05) is 92.2 Å². The van der Waals surface area contributed by atoms with E-state index in [0.717, 1.165) is 16.6 Å². The van der Waals surface area contributed by atoms with Crippen molar-refractivity contribution < 1.29 is 9.53 Å². The number of aromatic nitrogens is 3. The van der Waals surface area contributed by atoms with Gasteiger partial charge in [-0.15, -0.1) is 0 Å². The van der Waals surface area contributed by atoms with Gasteiger partial charge in [-0.25, -0.2) is 14.3 Å². The molecule has 0 amide bonds. The Morgan fingerprint density at radius 2 is 1.70 bits per heavy atom. The van der Waals surface area contributed by atoms with Gasteiger partial charge in [0, 0.05) is 23.5 Å². The lowest BCUT2D eigenvalue weighted by atomic mass is 10.2. The van der Waals surface area contributed by atoms with Crippen LogP contribution in [-0.2, 0) is 4.74 Å². The number of fused-ring (bicyclic) bond motifs is 1. The van der Waals surface area contributed by atoms with Crippen molar-refractivity contribution in [2.45, 2.75) is 26.4 Å². The number of imidazole rings is 1. The Morgan fingerprint density at radius 3 is 2.44 bits per heavy atom. The first-order chi connectivity index (χ1) is 12.9. The highest BCUT2D eigenvalue weighted by molar-refractivity contribution is 5.95. The van der Waals surface area contributed by atoms with E-state index in [4.69, 9.17) is 4.74 Å². The van der Waals surface area contributed by atoms with E-state index in [-0.39, 0.29) is 0 Å². The largest absolute Gasteiger partial charge is 0.443 e. The summed E-state index contributed by atoms with van der Waals surface area (Å²) >= 11 is 0. The minimum absolute atomic E-state index is 0.415. The van der Waals surface area contributed by atoms with Crippen LogP contribution in [0.4, 0.5) is 4.79 Å². The lowest BCUT2D eigenvalue weighted by Gasteiger charge is -2.21. The van der Waals surface area contributed by atoms with Crippen LogP contribution in [0.3, 0.4) is 0 Å². The van der Waals surface area contributed by atoms with Gasteiger partial charge in [0.25, 0.3) is 0 Å². The summed E-state index contributed by atoms with van der Waals surface area (Å²) < 4.78 is 9.23. The minimum atomic E-state index is -0.589. The summed E-state index contributed by atoms with van der Waals surface area (Å²) in [4.78, 5) is 17.5. The van der Waals surface area contributed by atoms with Crippen LogP contribution in [0, 0.1) is 0 Å². The van der Waals surface area contributed by atoms with Crippen molar-refractivity contribution in [3.63, 3.8) is 0 Å². The maximum absolute atomic E-state index is 13.0. The highest BCUT2D eigenvalue weighted by atomic mass is 16.6. The van der Waals surface area contributed by atoms with Crippen LogP contribution >= 0.6 is 0 Å². The molecule has 5 heteroatoms. The molecule has 2 heterocycles. The van der Waals surface area contributed by atoms with Gasteiger partial charge in [0.2, 0.25) is 0 Å². The van der Waals surface area contributed by atoms with Crippen molar-refractivity contribution in [2.75, 3.05) is 0 Å². The SMILES string of the molecule is CC(C)(C)OC(=O)n1c(-c2nccn2-c2ccccc2)cc2ccccc21. The number of ether oxygens (including phenoxy) is 1. The van der Waals surface area contributed by atoms with E-state index in [1.165, 1.54) is 0 Å². The molecular formula is C22H21N3O2. The Kier molecular flexibility index (Phi) is 4.07. The number of benzene rings is 2. The third-order valence-corrected chi connectivity index (χ3v) is 4.19. The van der Waals surface area contributed by atoms with Crippen LogP contribution in [0.1, 0.15) is 20.8 Å². The number of rotatable bonds is 2. The Labute approximate surface area is 157 Å². The molecule has 136 valence electrons. The molecule has 0 radical (unpaired) electrons. The second-order valence-corrected chi connectivity index (χ2v) is 7.36. The van der Waals surface area contributed by atoms with Crippen LogP contribution < -0.4 is 0 Å². The molecule has 2 aromatic heterocycles. The Bertz CT molecular complexity index is 1100. The van der Waals surface area contributed by atoms with Crippen molar-refractivity contribution in [3.8, 4) is 17.2 Å². The maximum Gasteiger partial charge on any atom is 0.419 e. The van der Waals surface area contributed by atoms with Crippen LogP contribution in [0.25, 0.3) is 28.1 Å². The Hall–Kier alpha value is -3.34. The average molecular weight is 359 g/mol. The molecule has 0 saturated carbocycles. The quantitative estimate of drug-likeness (QED) is 0.489. The second kappa shape index (κ2) is 6.43. The normalized spacial score (nSPS) is 11.7. The molecule has 0 aliphatic carbocycles. The zero-order valence-electron chi connectivity index (χ0n) is 15.6. The number of hydrogen-bond donors (Lipinski definition) is 0. The monoisotopic (exact) mass is 359 g/mol. The second-order valence-electron chi connectivity index (χ2n) is 7.36. The molecular weight excluding hydrogens is 338 g/mol. The smallest absolute Gasteiger partial charge is 0.419 e.